The average Bonchev–Trinajstić information content (AvgIpc) is 3.12. The molecule has 1 aromatic rings. The van der Waals surface area contributed by atoms with Crippen molar-refractivity contribution in [1.82, 2.24) is 20.1 Å². The van der Waals surface area contributed by atoms with Crippen LogP contribution in [0.4, 0.5) is 0 Å². The smallest absolute Gasteiger partial charge is 0.168 e. The fraction of sp³-hybridized carbons (Fsp3) is 0.857. The molecule has 20 heavy (non-hydrogen) atoms. The van der Waals surface area contributed by atoms with Crippen molar-refractivity contribution in [2.75, 3.05) is 13.2 Å². The molecule has 6 nitrogen and oxygen atoms in total. The van der Waals surface area contributed by atoms with Crippen LogP contribution in [0.3, 0.4) is 0 Å². The van der Waals surface area contributed by atoms with Gasteiger partial charge in [-0.15, -0.1) is 0 Å². The molecular weight excluding hydrogens is 256 g/mol. The van der Waals surface area contributed by atoms with Crippen LogP contribution in [0.2, 0.25) is 0 Å². The predicted molar refractivity (Wildman–Crippen MR) is 72.0 cm³/mol. The summed E-state index contributed by atoms with van der Waals surface area (Å²) in [6, 6.07) is 0.900. The van der Waals surface area contributed by atoms with E-state index in [9.17, 15) is 0 Å². The second-order valence-corrected chi connectivity index (χ2v) is 6.08. The molecule has 3 heterocycles. The van der Waals surface area contributed by atoms with Gasteiger partial charge < -0.3 is 14.8 Å². The summed E-state index contributed by atoms with van der Waals surface area (Å²) in [5, 5.41) is 8.06. The molecule has 6 heteroatoms. The van der Waals surface area contributed by atoms with Crippen molar-refractivity contribution in [3.05, 3.63) is 12.2 Å². The Balaban J connectivity index is 1.37. The molecule has 0 radical (unpaired) electrons. The maximum atomic E-state index is 5.79. The molecule has 110 valence electrons. The van der Waals surface area contributed by atoms with Crippen LogP contribution in [0, 0.1) is 0 Å². The number of rotatable bonds is 2. The van der Waals surface area contributed by atoms with Crippen LogP contribution < -0.4 is 5.32 Å². The van der Waals surface area contributed by atoms with E-state index in [4.69, 9.17) is 9.47 Å². The van der Waals surface area contributed by atoms with Gasteiger partial charge in [0.15, 0.2) is 5.79 Å². The van der Waals surface area contributed by atoms with Crippen LogP contribution in [0.1, 0.15) is 50.4 Å². The lowest BCUT2D eigenvalue weighted by Crippen LogP contribution is -2.44. The first-order chi connectivity index (χ1) is 9.85. The predicted octanol–water partition coefficient (Wildman–Crippen LogP) is 1.39. The van der Waals surface area contributed by atoms with Gasteiger partial charge in [-0.05, 0) is 25.7 Å². The second-order valence-electron chi connectivity index (χ2n) is 6.08. The highest BCUT2D eigenvalue weighted by Gasteiger charge is 2.40. The molecule has 1 unspecified atom stereocenters. The third kappa shape index (κ3) is 2.25. The molecule has 0 amide bonds. The number of aromatic nitrogens is 3. The van der Waals surface area contributed by atoms with E-state index in [-0.39, 0.29) is 5.79 Å². The molecule has 1 spiro atoms. The first kappa shape index (κ1) is 12.7. The third-order valence-corrected chi connectivity index (χ3v) is 4.82. The minimum absolute atomic E-state index is 0.259. The van der Waals surface area contributed by atoms with Crippen LogP contribution in [-0.2, 0) is 16.0 Å². The molecular formula is C14H22N4O2. The van der Waals surface area contributed by atoms with E-state index in [2.05, 4.69) is 15.4 Å². The van der Waals surface area contributed by atoms with E-state index in [1.807, 2.05) is 4.68 Å². The SMILES string of the molecule is c1nc2n(n1)CCCC2NC1CCC2(CC1)OCCO2. The number of nitrogens with one attached hydrogen (secondary N) is 1. The largest absolute Gasteiger partial charge is 0.348 e. The Labute approximate surface area is 118 Å². The Hall–Kier alpha value is -0.980. The molecule has 1 saturated heterocycles. The maximum absolute atomic E-state index is 5.79. The van der Waals surface area contributed by atoms with Gasteiger partial charge >= 0.3 is 0 Å². The highest BCUT2D eigenvalue weighted by molar-refractivity contribution is 4.99. The van der Waals surface area contributed by atoms with Crippen LogP contribution >= 0.6 is 0 Å². The summed E-state index contributed by atoms with van der Waals surface area (Å²) in [5.41, 5.74) is 0. The van der Waals surface area contributed by atoms with Crippen LogP contribution in [0.15, 0.2) is 6.33 Å². The lowest BCUT2D eigenvalue weighted by atomic mass is 9.89. The van der Waals surface area contributed by atoms with E-state index in [0.29, 0.717) is 12.1 Å². The Kier molecular flexibility index (Phi) is 3.24. The lowest BCUT2D eigenvalue weighted by molar-refractivity contribution is -0.179. The molecule has 1 aromatic heterocycles. The summed E-state index contributed by atoms with van der Waals surface area (Å²) in [6.07, 6.45) is 8.25. The van der Waals surface area contributed by atoms with Crippen molar-refractivity contribution in [2.24, 2.45) is 0 Å². The standard InChI is InChI=1S/C14H22N4O2/c1-2-12(13-15-10-16-18(13)7-1)17-11-3-5-14(6-4-11)19-8-9-20-14/h10-12,17H,1-9H2. The third-order valence-electron chi connectivity index (χ3n) is 4.82. The number of ether oxygens (including phenoxy) is 2. The van der Waals surface area contributed by atoms with Gasteiger partial charge in [-0.3, -0.25) is 0 Å². The molecule has 1 atom stereocenters. The zero-order chi connectivity index (χ0) is 13.4. The molecule has 0 bridgehead atoms. The summed E-state index contributed by atoms with van der Waals surface area (Å²) in [4.78, 5) is 4.41. The topological polar surface area (TPSA) is 61.2 Å². The quantitative estimate of drug-likeness (QED) is 0.886. The summed E-state index contributed by atoms with van der Waals surface area (Å²) >= 11 is 0. The fourth-order valence-electron chi connectivity index (χ4n) is 3.74. The zero-order valence-corrected chi connectivity index (χ0v) is 11.8. The lowest BCUT2D eigenvalue weighted by Gasteiger charge is -2.37. The van der Waals surface area contributed by atoms with Gasteiger partial charge in [0, 0.05) is 25.4 Å². The Morgan fingerprint density at radius 2 is 2.00 bits per heavy atom. The van der Waals surface area contributed by atoms with E-state index < -0.39 is 0 Å². The minimum atomic E-state index is -0.259. The van der Waals surface area contributed by atoms with Gasteiger partial charge in [-0.2, -0.15) is 5.10 Å². The van der Waals surface area contributed by atoms with Crippen molar-refractivity contribution < 1.29 is 9.47 Å². The molecule has 1 saturated carbocycles. The Morgan fingerprint density at radius 3 is 2.80 bits per heavy atom. The van der Waals surface area contributed by atoms with Gasteiger partial charge in [0.2, 0.25) is 0 Å². The number of nitrogens with zero attached hydrogens (tertiary/aromatic N) is 3. The number of hydrogen-bond donors (Lipinski definition) is 1. The molecule has 1 N–H and O–H groups in total. The normalized spacial score (nSPS) is 29.7. The molecule has 1 aliphatic carbocycles. The molecule has 3 aliphatic rings. The van der Waals surface area contributed by atoms with E-state index in [0.717, 1.165) is 57.7 Å². The summed E-state index contributed by atoms with van der Waals surface area (Å²) in [5.74, 6) is 0.843. The fourth-order valence-corrected chi connectivity index (χ4v) is 3.74. The average molecular weight is 278 g/mol. The van der Waals surface area contributed by atoms with Crippen LogP contribution in [0.25, 0.3) is 0 Å². The van der Waals surface area contributed by atoms with Crippen molar-refractivity contribution in [2.45, 2.75) is 62.9 Å². The summed E-state index contributed by atoms with van der Waals surface area (Å²) < 4.78 is 13.6. The number of aryl methyl sites for hydroxylation is 1. The summed E-state index contributed by atoms with van der Waals surface area (Å²) in [6.45, 7) is 2.51. The van der Waals surface area contributed by atoms with Gasteiger partial charge in [0.25, 0.3) is 0 Å². The molecule has 4 rings (SSSR count). The van der Waals surface area contributed by atoms with Crippen LogP contribution in [0.5, 0.6) is 0 Å². The van der Waals surface area contributed by atoms with E-state index >= 15 is 0 Å². The van der Waals surface area contributed by atoms with Crippen molar-refractivity contribution in [3.63, 3.8) is 0 Å². The van der Waals surface area contributed by atoms with Crippen molar-refractivity contribution >= 4 is 0 Å². The highest BCUT2D eigenvalue weighted by Crippen LogP contribution is 2.36. The van der Waals surface area contributed by atoms with Crippen molar-refractivity contribution in [3.8, 4) is 0 Å². The van der Waals surface area contributed by atoms with Crippen LogP contribution in [-0.4, -0.2) is 39.8 Å². The molecule has 2 aliphatic heterocycles. The summed E-state index contributed by atoms with van der Waals surface area (Å²) in [7, 11) is 0. The number of hydrogen-bond acceptors (Lipinski definition) is 5. The van der Waals surface area contributed by atoms with Gasteiger partial charge in [0.05, 0.1) is 19.3 Å². The first-order valence-electron chi connectivity index (χ1n) is 7.76. The Bertz CT molecular complexity index is 459. The first-order valence-corrected chi connectivity index (χ1v) is 7.76. The van der Waals surface area contributed by atoms with Gasteiger partial charge in [-0.25, -0.2) is 9.67 Å². The second kappa shape index (κ2) is 5.09. The molecule has 0 aromatic carbocycles. The zero-order valence-electron chi connectivity index (χ0n) is 11.8. The maximum Gasteiger partial charge on any atom is 0.168 e. The highest BCUT2D eigenvalue weighted by atomic mass is 16.7. The van der Waals surface area contributed by atoms with Gasteiger partial charge in [0.1, 0.15) is 12.2 Å². The number of fused-ring (bicyclic) bond motifs is 1. The van der Waals surface area contributed by atoms with E-state index in [1.165, 1.54) is 6.42 Å². The monoisotopic (exact) mass is 278 g/mol. The minimum Gasteiger partial charge on any atom is -0.348 e. The van der Waals surface area contributed by atoms with Gasteiger partial charge in [-0.1, -0.05) is 0 Å². The Morgan fingerprint density at radius 1 is 1.20 bits per heavy atom. The van der Waals surface area contributed by atoms with Crippen molar-refractivity contribution in [1.29, 1.82) is 0 Å². The molecule has 2 fully saturated rings. The van der Waals surface area contributed by atoms with E-state index in [1.54, 1.807) is 6.33 Å².